The molecular weight excluding hydrogens is 624 g/mol. The number of hydrogen-bond donors (Lipinski definition) is 2. The fraction of sp³-hybridized carbons (Fsp3) is 0.600. The number of aliphatic hydroxyl groups is 1. The number of ketones is 1. The highest BCUT2D eigenvalue weighted by atomic mass is 32.2. The molecule has 1 amide bonds. The van der Waals surface area contributed by atoms with Crippen LogP contribution in [0.25, 0.3) is 0 Å². The summed E-state index contributed by atoms with van der Waals surface area (Å²) in [6.45, 7) is 2.90. The molecule has 2 bridgehead atoms. The Hall–Kier alpha value is -2.87. The second-order valence-corrected chi connectivity index (χ2v) is 15.2. The molecule has 0 radical (unpaired) electrons. The number of benzene rings is 2. The number of Topliss-reactive ketones (excluding diaryl/α,β-unsaturated/α-hetero) is 1. The van der Waals surface area contributed by atoms with E-state index in [0.29, 0.717) is 37.4 Å². The van der Waals surface area contributed by atoms with E-state index in [-0.39, 0.29) is 66.9 Å². The minimum Gasteiger partial charge on any atom is -0.445 e. The van der Waals surface area contributed by atoms with Crippen molar-refractivity contribution >= 4 is 21.9 Å². The Balaban J connectivity index is 1.23. The number of β-amino-alcohol motifs (C(OH)–C–C–N with tert-alkyl or cyclic N) is 1. The van der Waals surface area contributed by atoms with Crippen LogP contribution in [-0.4, -0.2) is 87.2 Å². The number of ether oxygens (including phenoxy) is 4. The van der Waals surface area contributed by atoms with Crippen molar-refractivity contribution in [1.29, 1.82) is 0 Å². The number of aliphatic hydroxyl groups excluding tert-OH is 1. The van der Waals surface area contributed by atoms with Gasteiger partial charge in [0.25, 0.3) is 0 Å². The van der Waals surface area contributed by atoms with Crippen molar-refractivity contribution in [1.82, 2.24) is 9.62 Å². The van der Waals surface area contributed by atoms with Crippen molar-refractivity contribution in [3.63, 3.8) is 0 Å². The highest BCUT2D eigenvalue weighted by Gasteiger charge is 2.56. The van der Waals surface area contributed by atoms with Gasteiger partial charge >= 0.3 is 6.09 Å². The number of hydrogen-bond acceptors (Lipinski definition) is 9. The Morgan fingerprint density at radius 3 is 2.60 bits per heavy atom. The van der Waals surface area contributed by atoms with E-state index in [4.69, 9.17) is 18.9 Å². The largest absolute Gasteiger partial charge is 0.445 e. The van der Waals surface area contributed by atoms with Gasteiger partial charge in [0.2, 0.25) is 10.0 Å². The van der Waals surface area contributed by atoms with Gasteiger partial charge in [-0.1, -0.05) is 55.7 Å². The summed E-state index contributed by atoms with van der Waals surface area (Å²) in [4.78, 5) is 25.6. The predicted octanol–water partition coefficient (Wildman–Crippen LogP) is 4.07. The number of amides is 1. The van der Waals surface area contributed by atoms with Crippen molar-refractivity contribution in [2.75, 3.05) is 32.9 Å². The Bertz CT molecular complexity index is 1500. The Kier molecular flexibility index (Phi) is 10.9. The third kappa shape index (κ3) is 7.90. The third-order valence-corrected chi connectivity index (χ3v) is 12.0. The second kappa shape index (κ2) is 15.1. The predicted molar refractivity (Wildman–Crippen MR) is 172 cm³/mol. The lowest BCUT2D eigenvalue weighted by atomic mass is 9.98. The van der Waals surface area contributed by atoms with Crippen LogP contribution in [0.15, 0.2) is 53.4 Å². The minimum atomic E-state index is -4.12. The van der Waals surface area contributed by atoms with E-state index in [1.165, 1.54) is 23.4 Å². The number of carbonyl (C=O) groups is 2. The van der Waals surface area contributed by atoms with Crippen molar-refractivity contribution in [2.24, 2.45) is 17.8 Å². The first kappa shape index (κ1) is 34.0. The van der Waals surface area contributed by atoms with Gasteiger partial charge in [0, 0.05) is 43.0 Å². The van der Waals surface area contributed by atoms with E-state index in [1.54, 1.807) is 6.07 Å². The van der Waals surface area contributed by atoms with Gasteiger partial charge in [-0.15, -0.1) is 0 Å². The van der Waals surface area contributed by atoms with Gasteiger partial charge in [-0.3, -0.25) is 4.79 Å². The fourth-order valence-electron chi connectivity index (χ4n) is 7.46. The van der Waals surface area contributed by atoms with E-state index >= 15 is 0 Å². The molecule has 0 aromatic heterocycles. The molecule has 2 N–H and O–H groups in total. The summed E-state index contributed by atoms with van der Waals surface area (Å²) in [5.41, 5.74) is 1.69. The summed E-state index contributed by atoms with van der Waals surface area (Å²) in [7, 11) is -4.12. The first-order valence-electron chi connectivity index (χ1n) is 16.8. The number of nitrogens with zero attached hydrogens (tertiary/aromatic N) is 1. The van der Waals surface area contributed by atoms with Gasteiger partial charge in [0.15, 0.2) is 12.1 Å². The number of rotatable bonds is 8. The molecule has 1 saturated carbocycles. The maximum Gasteiger partial charge on any atom is 0.407 e. The smallest absolute Gasteiger partial charge is 0.407 e. The second-order valence-electron chi connectivity index (χ2n) is 13.3. The van der Waals surface area contributed by atoms with E-state index in [9.17, 15) is 23.1 Å². The van der Waals surface area contributed by atoms with E-state index in [0.717, 1.165) is 37.7 Å². The van der Waals surface area contributed by atoms with Crippen LogP contribution in [-0.2, 0) is 42.0 Å². The molecule has 256 valence electrons. The molecule has 3 fully saturated rings. The van der Waals surface area contributed by atoms with Crippen molar-refractivity contribution < 1.29 is 42.1 Å². The van der Waals surface area contributed by atoms with Crippen LogP contribution in [0.4, 0.5) is 4.79 Å². The number of carbonyl (C=O) groups excluding carboxylic acids is 2. The molecule has 2 aromatic carbocycles. The molecule has 3 aliphatic heterocycles. The molecule has 2 aromatic rings. The summed E-state index contributed by atoms with van der Waals surface area (Å²) in [6.07, 6.45) is 2.87. The van der Waals surface area contributed by atoms with Gasteiger partial charge in [-0.05, 0) is 55.9 Å². The van der Waals surface area contributed by atoms with Crippen LogP contribution < -0.4 is 5.32 Å². The first-order valence-corrected chi connectivity index (χ1v) is 18.3. The summed E-state index contributed by atoms with van der Waals surface area (Å²) >= 11 is 0. The molecule has 6 rings (SSSR count). The number of nitrogens with one attached hydrogen (secondary N) is 1. The SMILES string of the molecule is CC(=O)c1ccc2c(c1)COCCCCCCCN(C[C@@H](O)[C@H](Cc1ccccc1)NC(=O)O[C@H]1C3CO[C@H]4OC[C@@H]1C4C3)S2(=O)=O. The summed E-state index contributed by atoms with van der Waals surface area (Å²) in [5, 5.41) is 14.6. The lowest BCUT2D eigenvalue weighted by molar-refractivity contribution is -0.169. The van der Waals surface area contributed by atoms with Gasteiger partial charge in [0.1, 0.15) is 6.10 Å². The average molecular weight is 671 g/mol. The van der Waals surface area contributed by atoms with Crippen molar-refractivity contribution in [2.45, 2.75) is 87.9 Å². The molecule has 47 heavy (non-hydrogen) atoms. The quantitative estimate of drug-likeness (QED) is 0.398. The van der Waals surface area contributed by atoms with Crippen LogP contribution in [0.2, 0.25) is 0 Å². The van der Waals surface area contributed by atoms with E-state index in [1.807, 2.05) is 30.3 Å². The molecule has 11 nitrogen and oxygen atoms in total. The number of fused-ring (bicyclic) bond motifs is 2. The van der Waals surface area contributed by atoms with Gasteiger partial charge in [-0.25, -0.2) is 13.2 Å². The fourth-order valence-corrected chi connectivity index (χ4v) is 9.15. The summed E-state index contributed by atoms with van der Waals surface area (Å²) < 4.78 is 53.3. The normalized spacial score (nSPS) is 28.9. The summed E-state index contributed by atoms with van der Waals surface area (Å²) in [5.74, 6) is 0.203. The highest BCUT2D eigenvalue weighted by molar-refractivity contribution is 7.89. The standard InChI is InChI=1S/C35H46N2O9S/c1-23(38)25-12-13-32-26(17-25)20-43-15-9-4-2-3-8-14-37(47(32,41)42)19-31(39)30(16-24-10-6-5-7-11-24)36-35(40)46-33-27-18-28-29(33)22-45-34(28)44-21-27/h5-7,10-13,17,27-31,33-34,39H,2-4,8-9,14-16,18-22H2,1H3,(H,36,40)/t27?,28?,29-,30+,31-,33+,34+/m1/s1. The zero-order valence-corrected chi connectivity index (χ0v) is 27.7. The Labute approximate surface area is 277 Å². The van der Waals surface area contributed by atoms with Crippen molar-refractivity contribution in [3.8, 4) is 0 Å². The highest BCUT2D eigenvalue weighted by Crippen LogP contribution is 2.49. The zero-order valence-electron chi connectivity index (χ0n) is 26.9. The lowest BCUT2D eigenvalue weighted by Gasteiger charge is -2.31. The molecule has 7 atom stereocenters. The molecule has 2 saturated heterocycles. The molecule has 0 spiro atoms. The van der Waals surface area contributed by atoms with Crippen LogP contribution in [0.5, 0.6) is 0 Å². The first-order chi connectivity index (χ1) is 22.7. The molecule has 1 aliphatic carbocycles. The molecule has 3 heterocycles. The van der Waals surface area contributed by atoms with Gasteiger partial charge < -0.3 is 29.4 Å². The number of sulfonamides is 1. The average Bonchev–Trinajstić information content (AvgIpc) is 3.59. The third-order valence-electron chi connectivity index (χ3n) is 10.0. The minimum absolute atomic E-state index is 0.0487. The molecule has 12 heteroatoms. The maximum absolute atomic E-state index is 14.3. The van der Waals surface area contributed by atoms with Crippen LogP contribution in [0.1, 0.15) is 66.9 Å². The molecule has 4 aliphatic rings. The van der Waals surface area contributed by atoms with Crippen molar-refractivity contribution in [3.05, 3.63) is 65.2 Å². The van der Waals surface area contributed by atoms with Gasteiger partial charge in [-0.2, -0.15) is 4.31 Å². The Morgan fingerprint density at radius 2 is 1.79 bits per heavy atom. The van der Waals surface area contributed by atoms with Crippen LogP contribution >= 0.6 is 0 Å². The number of alkyl carbamates (subject to hydrolysis) is 1. The van der Waals surface area contributed by atoms with Gasteiger partial charge in [0.05, 0.1) is 36.9 Å². The van der Waals surface area contributed by atoms with E-state index in [2.05, 4.69) is 5.32 Å². The Morgan fingerprint density at radius 1 is 1.02 bits per heavy atom. The summed E-state index contributed by atoms with van der Waals surface area (Å²) in [6, 6.07) is 13.2. The van der Waals surface area contributed by atoms with Crippen LogP contribution in [0.3, 0.4) is 0 Å². The van der Waals surface area contributed by atoms with Crippen LogP contribution in [0, 0.1) is 17.8 Å². The molecular formula is C35H46N2O9S. The zero-order chi connectivity index (χ0) is 33.0. The topological polar surface area (TPSA) is 141 Å². The van der Waals surface area contributed by atoms with E-state index < -0.39 is 28.3 Å². The maximum atomic E-state index is 14.3. The monoisotopic (exact) mass is 670 g/mol. The lowest BCUT2D eigenvalue weighted by Crippen LogP contribution is -2.51. The molecule has 2 unspecified atom stereocenters.